The summed E-state index contributed by atoms with van der Waals surface area (Å²) < 4.78 is 0. The Hall–Kier alpha value is -2.34. The highest BCUT2D eigenvalue weighted by atomic mass is 16.2. The largest absolute Gasteiger partial charge is 0.348 e. The van der Waals surface area contributed by atoms with Crippen LogP contribution in [0.4, 0.5) is 10.5 Å². The average molecular weight is 367 g/mol. The van der Waals surface area contributed by atoms with Crippen LogP contribution in [0.2, 0.25) is 0 Å². The minimum Gasteiger partial charge on any atom is -0.348 e. The Kier molecular flexibility index (Phi) is 4.91. The van der Waals surface area contributed by atoms with E-state index in [-0.39, 0.29) is 11.6 Å². The molecule has 1 fully saturated rings. The van der Waals surface area contributed by atoms with Crippen LogP contribution in [0, 0.1) is 0 Å². The fraction of sp³-hybridized carbons (Fsp3) is 0.524. The minimum absolute atomic E-state index is 0.0238. The predicted octanol–water partition coefficient (Wildman–Crippen LogP) is 3.37. The van der Waals surface area contributed by atoms with Crippen LogP contribution in [0.3, 0.4) is 0 Å². The van der Waals surface area contributed by atoms with Gasteiger partial charge in [0.2, 0.25) is 0 Å². The predicted molar refractivity (Wildman–Crippen MR) is 107 cm³/mol. The van der Waals surface area contributed by atoms with Crippen LogP contribution >= 0.6 is 0 Å². The molecule has 1 aromatic carbocycles. The zero-order valence-corrected chi connectivity index (χ0v) is 16.3. The lowest BCUT2D eigenvalue weighted by molar-refractivity contribution is 0.109. The molecule has 6 nitrogen and oxygen atoms in total. The Labute approximate surface area is 161 Å². The van der Waals surface area contributed by atoms with E-state index in [1.54, 1.807) is 6.33 Å². The van der Waals surface area contributed by atoms with Gasteiger partial charge in [0, 0.05) is 37.4 Å². The van der Waals surface area contributed by atoms with Crippen molar-refractivity contribution >= 4 is 11.7 Å². The molecule has 144 valence electrons. The van der Waals surface area contributed by atoms with Crippen molar-refractivity contribution in [1.29, 1.82) is 0 Å². The van der Waals surface area contributed by atoms with Crippen molar-refractivity contribution in [2.75, 3.05) is 32.0 Å². The van der Waals surface area contributed by atoms with Gasteiger partial charge in [-0.05, 0) is 44.0 Å². The molecule has 6 heteroatoms. The van der Waals surface area contributed by atoms with Crippen LogP contribution in [-0.2, 0) is 18.4 Å². The lowest BCUT2D eigenvalue weighted by atomic mass is 9.87. The van der Waals surface area contributed by atoms with Gasteiger partial charge in [-0.25, -0.2) is 9.78 Å². The number of likely N-dealkylation sites (tertiary alicyclic amines) is 1. The first-order valence-electron chi connectivity index (χ1n) is 10.0. The number of aryl methyl sites for hydroxylation is 1. The van der Waals surface area contributed by atoms with Crippen molar-refractivity contribution in [3.63, 3.8) is 0 Å². The second kappa shape index (κ2) is 7.35. The number of benzene rings is 1. The van der Waals surface area contributed by atoms with Crippen molar-refractivity contribution in [1.82, 2.24) is 19.8 Å². The molecule has 1 atom stereocenters. The van der Waals surface area contributed by atoms with E-state index in [4.69, 9.17) is 0 Å². The molecule has 0 saturated carbocycles. The molecule has 2 aliphatic heterocycles. The molecule has 2 aliphatic rings. The van der Waals surface area contributed by atoms with E-state index in [0.29, 0.717) is 6.54 Å². The standard InChI is InChI=1S/C21H29N5O/c1-3-4-5-16-6-8-17(9-7-16)24-20(27)26-13-11-21(14-26)19-18(22-15-23-19)10-12-25(21)2/h6-9,15H,3-5,10-14H2,1-2H3,(H,22,23)(H,24,27)/t21-/m0/s1. The van der Waals surface area contributed by atoms with Crippen molar-refractivity contribution in [2.24, 2.45) is 0 Å². The number of unbranched alkanes of at least 4 members (excludes halogenated alkanes) is 1. The molecule has 27 heavy (non-hydrogen) atoms. The normalized spacial score (nSPS) is 22.2. The SMILES string of the molecule is CCCCc1ccc(NC(=O)N2CC[C@]3(C2)c2nc[nH]c2CCN3C)cc1. The molecular formula is C21H29N5O. The summed E-state index contributed by atoms with van der Waals surface area (Å²) in [7, 11) is 2.15. The Morgan fingerprint density at radius 3 is 2.89 bits per heavy atom. The van der Waals surface area contributed by atoms with E-state index in [2.05, 4.69) is 46.3 Å². The summed E-state index contributed by atoms with van der Waals surface area (Å²) in [5, 5.41) is 3.06. The maximum absolute atomic E-state index is 12.8. The lowest BCUT2D eigenvalue weighted by Crippen LogP contribution is -2.51. The quantitative estimate of drug-likeness (QED) is 0.871. The number of fused-ring (bicyclic) bond motifs is 2. The van der Waals surface area contributed by atoms with Crippen LogP contribution in [0.25, 0.3) is 0 Å². The number of imidazole rings is 1. The molecular weight excluding hydrogens is 338 g/mol. The number of H-pyrrole nitrogens is 1. The third kappa shape index (κ3) is 3.34. The molecule has 1 spiro atoms. The number of anilines is 1. The number of amides is 2. The van der Waals surface area contributed by atoms with E-state index in [9.17, 15) is 4.79 Å². The molecule has 4 rings (SSSR count). The number of likely N-dealkylation sites (N-methyl/N-ethyl adjacent to an activating group) is 1. The van der Waals surface area contributed by atoms with Crippen LogP contribution in [0.15, 0.2) is 30.6 Å². The molecule has 2 N–H and O–H groups in total. The molecule has 0 aliphatic carbocycles. The molecule has 1 aromatic heterocycles. The number of aromatic nitrogens is 2. The summed E-state index contributed by atoms with van der Waals surface area (Å²) in [6, 6.07) is 8.22. The number of hydrogen-bond acceptors (Lipinski definition) is 3. The second-order valence-corrected chi connectivity index (χ2v) is 7.84. The van der Waals surface area contributed by atoms with E-state index in [1.807, 2.05) is 17.0 Å². The van der Waals surface area contributed by atoms with E-state index in [1.165, 1.54) is 24.1 Å². The monoisotopic (exact) mass is 367 g/mol. The number of urea groups is 1. The van der Waals surface area contributed by atoms with E-state index >= 15 is 0 Å². The maximum atomic E-state index is 12.8. The first-order chi connectivity index (χ1) is 13.1. The van der Waals surface area contributed by atoms with Gasteiger partial charge in [-0.15, -0.1) is 0 Å². The lowest BCUT2D eigenvalue weighted by Gasteiger charge is -2.41. The molecule has 2 aromatic rings. The number of carbonyl (C=O) groups excluding carboxylic acids is 1. The minimum atomic E-state index is -0.158. The third-order valence-electron chi connectivity index (χ3n) is 6.15. The fourth-order valence-electron chi connectivity index (χ4n) is 4.40. The van der Waals surface area contributed by atoms with Crippen LogP contribution in [0.5, 0.6) is 0 Å². The summed E-state index contributed by atoms with van der Waals surface area (Å²) in [5.41, 5.74) is 4.36. The number of nitrogens with zero attached hydrogens (tertiary/aromatic N) is 3. The van der Waals surface area contributed by atoms with Crippen molar-refractivity contribution in [3.8, 4) is 0 Å². The van der Waals surface area contributed by atoms with Crippen molar-refractivity contribution < 1.29 is 4.79 Å². The summed E-state index contributed by atoms with van der Waals surface area (Å²) in [4.78, 5) is 25.0. The van der Waals surface area contributed by atoms with Crippen molar-refractivity contribution in [2.45, 2.75) is 44.6 Å². The van der Waals surface area contributed by atoms with Crippen LogP contribution < -0.4 is 5.32 Å². The Morgan fingerprint density at radius 1 is 1.30 bits per heavy atom. The van der Waals surface area contributed by atoms with Gasteiger partial charge in [0.25, 0.3) is 0 Å². The topological polar surface area (TPSA) is 64.3 Å². The number of nitrogens with one attached hydrogen (secondary N) is 2. The Morgan fingerprint density at radius 2 is 2.11 bits per heavy atom. The first-order valence-corrected chi connectivity index (χ1v) is 10.0. The summed E-state index contributed by atoms with van der Waals surface area (Å²) in [6.07, 6.45) is 7.19. The highest BCUT2D eigenvalue weighted by Crippen LogP contribution is 2.40. The van der Waals surface area contributed by atoms with Gasteiger partial charge in [0.15, 0.2) is 0 Å². The summed E-state index contributed by atoms with van der Waals surface area (Å²) >= 11 is 0. The number of rotatable bonds is 4. The van der Waals surface area contributed by atoms with Gasteiger partial charge >= 0.3 is 6.03 Å². The highest BCUT2D eigenvalue weighted by molar-refractivity contribution is 5.89. The molecule has 1 saturated heterocycles. The van der Waals surface area contributed by atoms with E-state index in [0.717, 1.165) is 43.7 Å². The van der Waals surface area contributed by atoms with E-state index < -0.39 is 0 Å². The van der Waals surface area contributed by atoms with Gasteiger partial charge in [0.05, 0.1) is 17.6 Å². The van der Waals surface area contributed by atoms with Gasteiger partial charge in [0.1, 0.15) is 0 Å². The molecule has 0 bridgehead atoms. The third-order valence-corrected chi connectivity index (χ3v) is 6.15. The zero-order valence-electron chi connectivity index (χ0n) is 16.3. The number of aromatic amines is 1. The second-order valence-electron chi connectivity index (χ2n) is 7.84. The highest BCUT2D eigenvalue weighted by Gasteiger charge is 2.48. The molecule has 0 unspecified atom stereocenters. The summed E-state index contributed by atoms with van der Waals surface area (Å²) in [6.45, 7) is 4.62. The first kappa shape index (κ1) is 18.0. The maximum Gasteiger partial charge on any atom is 0.321 e. The van der Waals surface area contributed by atoms with Gasteiger partial charge in [-0.3, -0.25) is 4.90 Å². The number of hydrogen-bond donors (Lipinski definition) is 2. The molecule has 2 amide bonds. The zero-order chi connectivity index (χ0) is 18.9. The average Bonchev–Trinajstić information content (AvgIpc) is 3.33. The van der Waals surface area contributed by atoms with Gasteiger partial charge in [-0.1, -0.05) is 25.5 Å². The van der Waals surface area contributed by atoms with Crippen molar-refractivity contribution in [3.05, 3.63) is 47.5 Å². The number of carbonyl (C=O) groups is 1. The summed E-state index contributed by atoms with van der Waals surface area (Å²) in [5.74, 6) is 0. The Balaban J connectivity index is 1.43. The van der Waals surface area contributed by atoms with Crippen LogP contribution in [0.1, 0.15) is 43.1 Å². The smallest absolute Gasteiger partial charge is 0.321 e. The Bertz CT molecular complexity index is 799. The fourth-order valence-corrected chi connectivity index (χ4v) is 4.40. The van der Waals surface area contributed by atoms with Gasteiger partial charge < -0.3 is 15.2 Å². The van der Waals surface area contributed by atoms with Crippen LogP contribution in [-0.4, -0.2) is 52.5 Å². The molecule has 3 heterocycles. The molecule has 0 radical (unpaired) electrons. The van der Waals surface area contributed by atoms with Gasteiger partial charge in [-0.2, -0.15) is 0 Å².